The topological polar surface area (TPSA) is 64.1 Å². The minimum Gasteiger partial charge on any atom is -0.381 e. The Labute approximate surface area is 110 Å². The van der Waals surface area contributed by atoms with Crippen LogP contribution in [-0.2, 0) is 11.2 Å². The fraction of sp³-hybridized carbons (Fsp3) is 0.667. The van der Waals surface area contributed by atoms with E-state index in [0.717, 1.165) is 6.42 Å². The molecular formula is C12H17ClN2O3. The number of rotatable bonds is 4. The van der Waals surface area contributed by atoms with E-state index >= 15 is 0 Å². The number of aromatic nitrogens is 2. The van der Waals surface area contributed by atoms with E-state index in [9.17, 15) is 9.59 Å². The first-order valence-electron chi connectivity index (χ1n) is 6.14. The van der Waals surface area contributed by atoms with E-state index in [0.29, 0.717) is 24.8 Å². The quantitative estimate of drug-likeness (QED) is 0.845. The first-order chi connectivity index (χ1) is 8.58. The second-order valence-electron chi connectivity index (χ2n) is 4.63. The van der Waals surface area contributed by atoms with Crippen LogP contribution in [0.5, 0.6) is 0 Å². The number of hydrogen-bond donors (Lipinski definition) is 1. The van der Waals surface area contributed by atoms with Gasteiger partial charge in [-0.05, 0) is 19.3 Å². The SMILES string of the molecule is CCCc1c(Cl)[nH]c(=O)n(C2CC(OC)C2)c1=O. The van der Waals surface area contributed by atoms with E-state index in [2.05, 4.69) is 4.98 Å². The third-order valence-electron chi connectivity index (χ3n) is 3.45. The zero-order valence-electron chi connectivity index (χ0n) is 10.5. The molecule has 100 valence electrons. The average Bonchev–Trinajstić information content (AvgIpc) is 2.27. The Kier molecular flexibility index (Phi) is 3.92. The molecule has 0 aromatic carbocycles. The molecule has 0 amide bonds. The molecule has 1 saturated carbocycles. The lowest BCUT2D eigenvalue weighted by Crippen LogP contribution is -2.46. The summed E-state index contributed by atoms with van der Waals surface area (Å²) in [6.07, 6.45) is 2.94. The summed E-state index contributed by atoms with van der Waals surface area (Å²) in [4.78, 5) is 26.6. The van der Waals surface area contributed by atoms with E-state index in [1.54, 1.807) is 7.11 Å². The highest BCUT2D eigenvalue weighted by molar-refractivity contribution is 6.30. The van der Waals surface area contributed by atoms with Crippen LogP contribution in [-0.4, -0.2) is 22.8 Å². The zero-order chi connectivity index (χ0) is 13.3. The standard InChI is InChI=1S/C12H17ClN2O3/c1-3-4-9-10(13)14-12(17)15(11(9)16)7-5-8(6-7)18-2/h7-8H,3-6H2,1-2H3,(H,14,17). The highest BCUT2D eigenvalue weighted by Gasteiger charge is 2.33. The van der Waals surface area contributed by atoms with Gasteiger partial charge in [-0.3, -0.25) is 14.3 Å². The monoisotopic (exact) mass is 272 g/mol. The van der Waals surface area contributed by atoms with Crippen molar-refractivity contribution >= 4 is 11.6 Å². The van der Waals surface area contributed by atoms with E-state index in [1.807, 2.05) is 6.92 Å². The molecule has 0 atom stereocenters. The number of halogens is 1. The smallest absolute Gasteiger partial charge is 0.329 e. The Morgan fingerprint density at radius 2 is 2.11 bits per heavy atom. The van der Waals surface area contributed by atoms with Gasteiger partial charge in [0.05, 0.1) is 11.7 Å². The van der Waals surface area contributed by atoms with Crippen molar-refractivity contribution in [3.63, 3.8) is 0 Å². The summed E-state index contributed by atoms with van der Waals surface area (Å²) in [6, 6.07) is -0.0703. The summed E-state index contributed by atoms with van der Waals surface area (Å²) in [5.74, 6) is 0. The van der Waals surface area contributed by atoms with Crippen LogP contribution in [0.15, 0.2) is 9.59 Å². The summed E-state index contributed by atoms with van der Waals surface area (Å²) >= 11 is 5.91. The number of nitrogens with zero attached hydrogens (tertiary/aromatic N) is 1. The first kappa shape index (κ1) is 13.4. The molecule has 1 aliphatic carbocycles. The van der Waals surface area contributed by atoms with Crippen LogP contribution in [0.25, 0.3) is 0 Å². The Balaban J connectivity index is 2.39. The maximum absolute atomic E-state index is 12.2. The minimum absolute atomic E-state index is 0.0703. The van der Waals surface area contributed by atoms with Gasteiger partial charge < -0.3 is 4.74 Å². The molecule has 0 unspecified atom stereocenters. The molecule has 1 fully saturated rings. The van der Waals surface area contributed by atoms with Crippen molar-refractivity contribution in [3.8, 4) is 0 Å². The van der Waals surface area contributed by atoms with E-state index in [1.165, 1.54) is 4.57 Å². The fourth-order valence-electron chi connectivity index (χ4n) is 2.30. The van der Waals surface area contributed by atoms with Crippen molar-refractivity contribution in [2.45, 2.75) is 44.8 Å². The molecule has 1 N–H and O–H groups in total. The van der Waals surface area contributed by atoms with Crippen LogP contribution in [0.4, 0.5) is 0 Å². The molecule has 5 nitrogen and oxygen atoms in total. The molecule has 2 rings (SSSR count). The van der Waals surface area contributed by atoms with Gasteiger partial charge in [0.1, 0.15) is 5.15 Å². The second kappa shape index (κ2) is 5.28. The first-order valence-corrected chi connectivity index (χ1v) is 6.52. The third-order valence-corrected chi connectivity index (χ3v) is 3.77. The summed E-state index contributed by atoms with van der Waals surface area (Å²) < 4.78 is 6.45. The van der Waals surface area contributed by atoms with Crippen LogP contribution in [0.3, 0.4) is 0 Å². The number of methoxy groups -OCH3 is 1. The number of H-pyrrole nitrogens is 1. The molecular weight excluding hydrogens is 256 g/mol. The highest BCUT2D eigenvalue weighted by atomic mass is 35.5. The zero-order valence-corrected chi connectivity index (χ0v) is 11.3. The van der Waals surface area contributed by atoms with Crippen molar-refractivity contribution < 1.29 is 4.74 Å². The van der Waals surface area contributed by atoms with Gasteiger partial charge in [0, 0.05) is 13.2 Å². The molecule has 0 spiro atoms. The van der Waals surface area contributed by atoms with Gasteiger partial charge in [-0.1, -0.05) is 24.9 Å². The van der Waals surface area contributed by atoms with E-state index < -0.39 is 5.69 Å². The number of ether oxygens (including phenoxy) is 1. The Hall–Kier alpha value is -1.07. The van der Waals surface area contributed by atoms with Gasteiger partial charge in [-0.25, -0.2) is 4.79 Å². The molecule has 1 heterocycles. The number of hydrogen-bond acceptors (Lipinski definition) is 3. The maximum Gasteiger partial charge on any atom is 0.329 e. The average molecular weight is 273 g/mol. The molecule has 1 aromatic heterocycles. The molecule has 0 aliphatic heterocycles. The van der Waals surface area contributed by atoms with Gasteiger partial charge in [-0.2, -0.15) is 0 Å². The summed E-state index contributed by atoms with van der Waals surface area (Å²) in [7, 11) is 1.64. The van der Waals surface area contributed by atoms with Gasteiger partial charge in [0.2, 0.25) is 0 Å². The van der Waals surface area contributed by atoms with Crippen molar-refractivity contribution in [1.82, 2.24) is 9.55 Å². The summed E-state index contributed by atoms with van der Waals surface area (Å²) in [5, 5.41) is 0.172. The van der Waals surface area contributed by atoms with Gasteiger partial charge in [0.25, 0.3) is 5.56 Å². The molecule has 1 aromatic rings. The molecule has 0 radical (unpaired) electrons. The molecule has 6 heteroatoms. The normalized spacial score (nSPS) is 22.8. The molecule has 18 heavy (non-hydrogen) atoms. The van der Waals surface area contributed by atoms with E-state index in [-0.39, 0.29) is 22.9 Å². The third kappa shape index (κ3) is 2.24. The van der Waals surface area contributed by atoms with Crippen molar-refractivity contribution in [1.29, 1.82) is 0 Å². The van der Waals surface area contributed by atoms with Crippen LogP contribution in [0.2, 0.25) is 5.15 Å². The maximum atomic E-state index is 12.2. The lowest BCUT2D eigenvalue weighted by molar-refractivity contribution is 0.00374. The predicted molar refractivity (Wildman–Crippen MR) is 69.4 cm³/mol. The van der Waals surface area contributed by atoms with Gasteiger partial charge in [-0.15, -0.1) is 0 Å². The van der Waals surface area contributed by atoms with E-state index in [4.69, 9.17) is 16.3 Å². The Morgan fingerprint density at radius 3 is 2.67 bits per heavy atom. The lowest BCUT2D eigenvalue weighted by Gasteiger charge is -2.34. The predicted octanol–water partition coefficient (Wildman–Crippen LogP) is 1.49. The van der Waals surface area contributed by atoms with Crippen molar-refractivity contribution in [2.75, 3.05) is 7.11 Å². The Bertz CT molecular complexity index is 543. The van der Waals surface area contributed by atoms with Crippen LogP contribution >= 0.6 is 11.6 Å². The van der Waals surface area contributed by atoms with Crippen molar-refractivity contribution in [3.05, 3.63) is 31.6 Å². The number of aromatic amines is 1. The lowest BCUT2D eigenvalue weighted by atomic mass is 9.89. The highest BCUT2D eigenvalue weighted by Crippen LogP contribution is 2.32. The van der Waals surface area contributed by atoms with Crippen molar-refractivity contribution in [2.24, 2.45) is 0 Å². The molecule has 1 aliphatic rings. The van der Waals surface area contributed by atoms with Crippen LogP contribution in [0, 0.1) is 0 Å². The van der Waals surface area contributed by atoms with Crippen LogP contribution < -0.4 is 11.2 Å². The minimum atomic E-state index is -0.426. The van der Waals surface area contributed by atoms with Gasteiger partial charge in [0.15, 0.2) is 0 Å². The fourth-order valence-corrected chi connectivity index (χ4v) is 2.56. The largest absolute Gasteiger partial charge is 0.381 e. The van der Waals surface area contributed by atoms with Crippen LogP contribution in [0.1, 0.15) is 37.8 Å². The molecule has 0 bridgehead atoms. The molecule has 0 saturated heterocycles. The van der Waals surface area contributed by atoms with Gasteiger partial charge >= 0.3 is 5.69 Å². The summed E-state index contributed by atoms with van der Waals surface area (Å²) in [6.45, 7) is 1.97. The second-order valence-corrected chi connectivity index (χ2v) is 5.01. The number of nitrogens with one attached hydrogen (secondary N) is 1. The Morgan fingerprint density at radius 1 is 1.44 bits per heavy atom. The summed E-state index contributed by atoms with van der Waals surface area (Å²) in [5.41, 5.74) is -0.186.